The Hall–Kier alpha value is -5.00. The standard InChI is InChI=1S/C39H42F3N5O3/c1-50-23-18-43-36-17-14-32(26-44-36)27-45-37(48)34(24-30-12-15-33(16-13-30)39(40,41)42)35(25-29-8-4-2-5-9-29)38(49)47-21-19-46(20-22-47)28-31-10-6-3-7-11-31/h2-17,24,26,35H,18-23,25,27-28H2,1H3,(H,43,44)(H,45,48)/t35-/m0/s1. The van der Waals surface area contributed by atoms with Gasteiger partial charge >= 0.3 is 6.18 Å². The summed E-state index contributed by atoms with van der Waals surface area (Å²) < 4.78 is 45.1. The zero-order chi connectivity index (χ0) is 35.3. The summed E-state index contributed by atoms with van der Waals surface area (Å²) in [5.41, 5.74) is 2.56. The van der Waals surface area contributed by atoms with Gasteiger partial charge in [0.15, 0.2) is 0 Å². The van der Waals surface area contributed by atoms with Crippen LogP contribution < -0.4 is 10.6 Å². The molecule has 3 aromatic carbocycles. The van der Waals surface area contributed by atoms with Crippen molar-refractivity contribution in [3.63, 3.8) is 0 Å². The van der Waals surface area contributed by atoms with Gasteiger partial charge in [0, 0.05) is 64.7 Å². The number of alkyl halides is 3. The lowest BCUT2D eigenvalue weighted by atomic mass is 9.88. The first-order valence-electron chi connectivity index (χ1n) is 16.6. The highest BCUT2D eigenvalue weighted by Crippen LogP contribution is 2.30. The molecule has 1 aromatic heterocycles. The predicted octanol–water partition coefficient (Wildman–Crippen LogP) is 6.06. The van der Waals surface area contributed by atoms with E-state index in [1.165, 1.54) is 23.8 Å². The predicted molar refractivity (Wildman–Crippen MR) is 188 cm³/mol. The Balaban J connectivity index is 1.40. The van der Waals surface area contributed by atoms with E-state index in [-0.39, 0.29) is 24.4 Å². The summed E-state index contributed by atoms with van der Waals surface area (Å²) in [5, 5.41) is 6.08. The number of benzene rings is 3. The fourth-order valence-electron chi connectivity index (χ4n) is 5.84. The van der Waals surface area contributed by atoms with Crippen LogP contribution in [0.5, 0.6) is 0 Å². The van der Waals surface area contributed by atoms with Crippen LogP contribution in [0.4, 0.5) is 19.0 Å². The molecule has 8 nitrogen and oxygen atoms in total. The van der Waals surface area contributed by atoms with E-state index >= 15 is 0 Å². The van der Waals surface area contributed by atoms with Crippen molar-refractivity contribution in [1.82, 2.24) is 20.1 Å². The maximum absolute atomic E-state index is 14.4. The SMILES string of the molecule is COCCNc1ccc(CNC(=O)C(=Cc2ccc(C(F)(F)F)cc2)[C@H](Cc2ccccc2)C(=O)N2CCN(Cc3ccccc3)CC2)cn1. The van der Waals surface area contributed by atoms with Crippen molar-refractivity contribution >= 4 is 23.7 Å². The number of amides is 2. The number of hydrogen-bond donors (Lipinski definition) is 2. The number of hydrogen-bond acceptors (Lipinski definition) is 6. The number of pyridine rings is 1. The molecule has 0 bridgehead atoms. The number of carbonyl (C=O) groups is 2. The van der Waals surface area contributed by atoms with E-state index in [1.807, 2.05) is 54.6 Å². The number of rotatable bonds is 14. The van der Waals surface area contributed by atoms with Gasteiger partial charge in [0.1, 0.15) is 5.82 Å². The van der Waals surface area contributed by atoms with Gasteiger partial charge in [-0.05, 0) is 52.9 Å². The van der Waals surface area contributed by atoms with Crippen LogP contribution in [0, 0.1) is 5.92 Å². The molecule has 1 aliphatic rings. The van der Waals surface area contributed by atoms with Gasteiger partial charge in [-0.2, -0.15) is 13.2 Å². The first-order valence-corrected chi connectivity index (χ1v) is 16.6. The van der Waals surface area contributed by atoms with Crippen molar-refractivity contribution < 1.29 is 27.5 Å². The molecular weight excluding hydrogens is 643 g/mol. The van der Waals surface area contributed by atoms with Crippen LogP contribution in [0.2, 0.25) is 0 Å². The lowest BCUT2D eigenvalue weighted by Crippen LogP contribution is -2.51. The molecule has 2 N–H and O–H groups in total. The second-order valence-electron chi connectivity index (χ2n) is 12.2. The molecule has 4 aromatic rings. The van der Waals surface area contributed by atoms with Gasteiger partial charge in [-0.3, -0.25) is 14.5 Å². The quantitative estimate of drug-likeness (QED) is 0.124. The Morgan fingerprint density at radius 2 is 1.52 bits per heavy atom. The molecule has 1 aliphatic heterocycles. The first kappa shape index (κ1) is 36.3. The van der Waals surface area contributed by atoms with Gasteiger partial charge < -0.3 is 20.3 Å². The van der Waals surface area contributed by atoms with E-state index in [0.717, 1.165) is 29.8 Å². The van der Waals surface area contributed by atoms with E-state index < -0.39 is 23.6 Å². The minimum absolute atomic E-state index is 0.138. The van der Waals surface area contributed by atoms with Crippen LogP contribution in [0.3, 0.4) is 0 Å². The van der Waals surface area contributed by atoms with Crippen LogP contribution in [0.25, 0.3) is 6.08 Å². The summed E-state index contributed by atoms with van der Waals surface area (Å²) in [7, 11) is 1.62. The van der Waals surface area contributed by atoms with Crippen LogP contribution in [-0.4, -0.2) is 73.0 Å². The van der Waals surface area contributed by atoms with Gasteiger partial charge in [0.25, 0.3) is 0 Å². The van der Waals surface area contributed by atoms with E-state index in [4.69, 9.17) is 4.74 Å². The summed E-state index contributed by atoms with van der Waals surface area (Å²) in [6.45, 7) is 4.36. The summed E-state index contributed by atoms with van der Waals surface area (Å²) in [5.74, 6) is -0.901. The normalized spacial score (nSPS) is 14.6. The number of piperazine rings is 1. The summed E-state index contributed by atoms with van der Waals surface area (Å²) in [6.07, 6.45) is -1.07. The number of aromatic nitrogens is 1. The smallest absolute Gasteiger partial charge is 0.383 e. The van der Waals surface area contributed by atoms with Gasteiger partial charge in [-0.1, -0.05) is 78.9 Å². The van der Waals surface area contributed by atoms with Crippen molar-refractivity contribution in [2.24, 2.45) is 5.92 Å². The number of ether oxygens (including phenoxy) is 1. The molecule has 1 saturated heterocycles. The Kier molecular flexibility index (Phi) is 12.8. The molecule has 5 rings (SSSR count). The molecule has 0 aliphatic carbocycles. The van der Waals surface area contributed by atoms with E-state index in [2.05, 4.69) is 32.7 Å². The number of methoxy groups -OCH3 is 1. The first-order chi connectivity index (χ1) is 24.2. The summed E-state index contributed by atoms with van der Waals surface area (Å²) in [4.78, 5) is 37.0. The molecule has 1 fully saturated rings. The number of nitrogens with one attached hydrogen (secondary N) is 2. The number of halogens is 3. The fourth-order valence-corrected chi connectivity index (χ4v) is 5.84. The molecule has 1 atom stereocenters. The van der Waals surface area contributed by atoms with Crippen LogP contribution in [-0.2, 0) is 40.0 Å². The van der Waals surface area contributed by atoms with Crippen molar-refractivity contribution in [3.05, 3.63) is 137 Å². The van der Waals surface area contributed by atoms with Crippen molar-refractivity contribution in [2.45, 2.75) is 25.7 Å². The molecule has 0 spiro atoms. The minimum Gasteiger partial charge on any atom is -0.383 e. The summed E-state index contributed by atoms with van der Waals surface area (Å²) >= 11 is 0. The van der Waals surface area contributed by atoms with E-state index in [9.17, 15) is 22.8 Å². The van der Waals surface area contributed by atoms with Crippen LogP contribution in [0.15, 0.2) is 109 Å². The Morgan fingerprint density at radius 1 is 0.860 bits per heavy atom. The lowest BCUT2D eigenvalue weighted by Gasteiger charge is -2.37. The molecule has 0 unspecified atom stereocenters. The summed E-state index contributed by atoms with van der Waals surface area (Å²) in [6, 6.07) is 27.8. The monoisotopic (exact) mass is 685 g/mol. The largest absolute Gasteiger partial charge is 0.416 e. The van der Waals surface area contributed by atoms with E-state index in [1.54, 1.807) is 24.3 Å². The number of nitrogens with zero attached hydrogens (tertiary/aromatic N) is 3. The van der Waals surface area contributed by atoms with Crippen molar-refractivity contribution in [3.8, 4) is 0 Å². The Bertz CT molecular complexity index is 1690. The third-order valence-electron chi connectivity index (χ3n) is 8.60. The maximum Gasteiger partial charge on any atom is 0.416 e. The average molecular weight is 686 g/mol. The van der Waals surface area contributed by atoms with Crippen molar-refractivity contribution in [1.29, 1.82) is 0 Å². The second kappa shape index (κ2) is 17.6. The van der Waals surface area contributed by atoms with Crippen LogP contribution >= 0.6 is 0 Å². The molecule has 0 radical (unpaired) electrons. The molecule has 2 heterocycles. The lowest BCUT2D eigenvalue weighted by molar-refractivity contribution is -0.138. The Morgan fingerprint density at radius 3 is 2.12 bits per heavy atom. The third-order valence-corrected chi connectivity index (χ3v) is 8.60. The zero-order valence-electron chi connectivity index (χ0n) is 28.0. The van der Waals surface area contributed by atoms with E-state index in [0.29, 0.717) is 50.7 Å². The highest BCUT2D eigenvalue weighted by atomic mass is 19.4. The molecule has 50 heavy (non-hydrogen) atoms. The molecule has 11 heteroatoms. The minimum atomic E-state index is -4.50. The molecular formula is C39H42F3N5O3. The number of anilines is 1. The second-order valence-corrected chi connectivity index (χ2v) is 12.2. The van der Waals surface area contributed by atoms with Gasteiger partial charge in [0.05, 0.1) is 18.1 Å². The molecule has 0 saturated carbocycles. The number of carbonyl (C=O) groups excluding carboxylic acids is 2. The average Bonchev–Trinajstić information content (AvgIpc) is 3.13. The highest BCUT2D eigenvalue weighted by Gasteiger charge is 2.34. The zero-order valence-corrected chi connectivity index (χ0v) is 28.0. The molecule has 2 amide bonds. The Labute approximate surface area is 291 Å². The highest BCUT2D eigenvalue weighted by molar-refractivity contribution is 6.04. The van der Waals surface area contributed by atoms with Gasteiger partial charge in [-0.25, -0.2) is 4.98 Å². The maximum atomic E-state index is 14.4. The molecule has 262 valence electrons. The fraction of sp³-hybridized carbons (Fsp3) is 0.308. The van der Waals surface area contributed by atoms with Crippen molar-refractivity contribution in [2.75, 3.05) is 51.8 Å². The van der Waals surface area contributed by atoms with Crippen LogP contribution in [0.1, 0.15) is 27.8 Å². The third kappa shape index (κ3) is 10.5. The topological polar surface area (TPSA) is 86.8 Å². The van der Waals surface area contributed by atoms with Gasteiger partial charge in [0.2, 0.25) is 11.8 Å². The van der Waals surface area contributed by atoms with Gasteiger partial charge in [-0.15, -0.1) is 0 Å².